The first-order valence-electron chi connectivity index (χ1n) is 10.8. The molecule has 0 atom stereocenters. The number of hydrogen-bond donors (Lipinski definition) is 2. The molecule has 180 valence electrons. The number of halogens is 1. The summed E-state index contributed by atoms with van der Waals surface area (Å²) in [5.74, 6) is -1.47. The van der Waals surface area contributed by atoms with Crippen molar-refractivity contribution in [1.82, 2.24) is 5.43 Å². The van der Waals surface area contributed by atoms with E-state index in [4.69, 9.17) is 9.47 Å². The van der Waals surface area contributed by atoms with Crippen LogP contribution < -0.4 is 20.2 Å². The molecule has 2 amide bonds. The fraction of sp³-hybridized carbons (Fsp3) is 0.154. The van der Waals surface area contributed by atoms with Crippen molar-refractivity contribution in [3.05, 3.63) is 87.9 Å². The van der Waals surface area contributed by atoms with Crippen LogP contribution in [-0.4, -0.2) is 30.6 Å². The fourth-order valence-corrected chi connectivity index (χ4v) is 3.19. The molecule has 0 unspecified atom stereocenters. The third-order valence-corrected chi connectivity index (χ3v) is 5.12. The summed E-state index contributed by atoms with van der Waals surface area (Å²) in [5, 5.41) is 6.31. The minimum atomic E-state index is -0.944. The summed E-state index contributed by atoms with van der Waals surface area (Å²) in [6.07, 6.45) is 2.17. The number of rotatable bonds is 8. The van der Waals surface area contributed by atoms with Crippen molar-refractivity contribution in [2.75, 3.05) is 11.9 Å². The van der Waals surface area contributed by atoms with Gasteiger partial charge in [0.05, 0.1) is 18.4 Å². The summed E-state index contributed by atoms with van der Waals surface area (Å²) in [5.41, 5.74) is 4.45. The zero-order chi connectivity index (χ0) is 25.2. The predicted molar refractivity (Wildman–Crippen MR) is 137 cm³/mol. The van der Waals surface area contributed by atoms with Crippen LogP contribution in [-0.2, 0) is 9.59 Å². The molecule has 2 N–H and O–H groups in total. The minimum absolute atomic E-state index is 0.228. The highest BCUT2D eigenvalue weighted by atomic mass is 79.9. The van der Waals surface area contributed by atoms with Gasteiger partial charge in [0.15, 0.2) is 0 Å². The monoisotopic (exact) mass is 537 g/mol. The van der Waals surface area contributed by atoms with Gasteiger partial charge in [-0.2, -0.15) is 5.10 Å². The molecule has 0 heterocycles. The van der Waals surface area contributed by atoms with Crippen LogP contribution >= 0.6 is 15.9 Å². The average molecular weight is 538 g/mol. The lowest BCUT2D eigenvalue weighted by atomic mass is 10.2. The van der Waals surface area contributed by atoms with Crippen molar-refractivity contribution in [2.45, 2.75) is 20.3 Å². The van der Waals surface area contributed by atoms with E-state index in [1.165, 1.54) is 6.21 Å². The van der Waals surface area contributed by atoms with Gasteiger partial charge in [0.25, 0.3) is 0 Å². The van der Waals surface area contributed by atoms with Crippen LogP contribution in [0.1, 0.15) is 34.8 Å². The van der Waals surface area contributed by atoms with E-state index >= 15 is 0 Å². The van der Waals surface area contributed by atoms with Crippen LogP contribution in [0.25, 0.3) is 0 Å². The summed E-state index contributed by atoms with van der Waals surface area (Å²) >= 11 is 3.35. The molecule has 0 saturated carbocycles. The van der Waals surface area contributed by atoms with Gasteiger partial charge in [-0.15, -0.1) is 0 Å². The van der Waals surface area contributed by atoms with Crippen molar-refractivity contribution in [3.8, 4) is 11.5 Å². The van der Waals surface area contributed by atoms with Crippen LogP contribution in [0.3, 0.4) is 0 Å². The number of ether oxygens (including phenoxy) is 2. The van der Waals surface area contributed by atoms with E-state index in [0.717, 1.165) is 12.0 Å². The number of amides is 2. The summed E-state index contributed by atoms with van der Waals surface area (Å²) in [7, 11) is 0. The van der Waals surface area contributed by atoms with Crippen molar-refractivity contribution < 1.29 is 23.9 Å². The molecule has 0 aromatic heterocycles. The Bertz CT molecular complexity index is 1220. The van der Waals surface area contributed by atoms with E-state index in [-0.39, 0.29) is 5.75 Å². The van der Waals surface area contributed by atoms with Gasteiger partial charge < -0.3 is 14.8 Å². The van der Waals surface area contributed by atoms with Crippen molar-refractivity contribution in [2.24, 2.45) is 5.10 Å². The van der Waals surface area contributed by atoms with E-state index < -0.39 is 17.8 Å². The molecule has 0 fully saturated rings. The number of nitrogens with one attached hydrogen (secondary N) is 2. The molecular weight excluding hydrogens is 514 g/mol. The molecule has 3 rings (SSSR count). The van der Waals surface area contributed by atoms with Crippen LogP contribution in [0.4, 0.5) is 5.69 Å². The maximum atomic E-state index is 12.6. The molecule has 0 aliphatic heterocycles. The summed E-state index contributed by atoms with van der Waals surface area (Å²) in [4.78, 5) is 36.7. The second-order valence-electron chi connectivity index (χ2n) is 7.46. The van der Waals surface area contributed by atoms with Crippen molar-refractivity contribution in [3.63, 3.8) is 0 Å². The second-order valence-corrected chi connectivity index (χ2v) is 8.38. The van der Waals surface area contributed by atoms with Gasteiger partial charge in [-0.25, -0.2) is 10.2 Å². The Morgan fingerprint density at radius 1 is 0.971 bits per heavy atom. The lowest BCUT2D eigenvalue weighted by Gasteiger charge is -2.09. The summed E-state index contributed by atoms with van der Waals surface area (Å²) in [6, 6.07) is 18.6. The number of aryl methyl sites for hydroxylation is 1. The zero-order valence-electron chi connectivity index (χ0n) is 19.2. The highest BCUT2D eigenvalue weighted by Crippen LogP contribution is 2.23. The first-order valence-corrected chi connectivity index (χ1v) is 11.6. The Morgan fingerprint density at radius 2 is 1.69 bits per heavy atom. The van der Waals surface area contributed by atoms with Crippen molar-refractivity contribution >= 4 is 45.6 Å². The number of esters is 1. The Labute approximate surface area is 211 Å². The van der Waals surface area contributed by atoms with Gasteiger partial charge in [0.1, 0.15) is 11.5 Å². The average Bonchev–Trinajstić information content (AvgIpc) is 2.85. The molecule has 3 aromatic rings. The SMILES string of the molecule is CCCOc1ccc(C(=O)Oc2ccc(Br)cc2/C=N\NC(=O)C(=O)Nc2ccc(C)cc2)cc1. The number of carbonyl (C=O) groups is 3. The lowest BCUT2D eigenvalue weighted by molar-refractivity contribution is -0.136. The van der Waals surface area contributed by atoms with Crippen LogP contribution in [0, 0.1) is 6.92 Å². The van der Waals surface area contributed by atoms with Crippen LogP contribution in [0.5, 0.6) is 11.5 Å². The molecule has 3 aromatic carbocycles. The Hall–Kier alpha value is -3.98. The molecule has 35 heavy (non-hydrogen) atoms. The van der Waals surface area contributed by atoms with E-state index in [1.54, 1.807) is 54.6 Å². The van der Waals surface area contributed by atoms with E-state index in [1.807, 2.05) is 26.0 Å². The quantitative estimate of drug-likeness (QED) is 0.140. The number of benzene rings is 3. The number of hydrogen-bond acceptors (Lipinski definition) is 6. The molecule has 8 nitrogen and oxygen atoms in total. The van der Waals surface area contributed by atoms with Crippen molar-refractivity contribution in [1.29, 1.82) is 0 Å². The minimum Gasteiger partial charge on any atom is -0.494 e. The van der Waals surface area contributed by atoms with E-state index in [0.29, 0.717) is 33.6 Å². The molecule has 9 heteroatoms. The zero-order valence-corrected chi connectivity index (χ0v) is 20.8. The molecule has 0 aliphatic carbocycles. The number of carbonyl (C=O) groups excluding carboxylic acids is 3. The number of anilines is 1. The van der Waals surface area contributed by atoms with Crippen LogP contribution in [0.2, 0.25) is 0 Å². The third kappa shape index (κ3) is 7.79. The van der Waals surface area contributed by atoms with Gasteiger partial charge in [-0.05, 0) is 67.9 Å². The Balaban J connectivity index is 1.63. The summed E-state index contributed by atoms with van der Waals surface area (Å²) < 4.78 is 11.7. The van der Waals surface area contributed by atoms with Gasteiger partial charge >= 0.3 is 17.8 Å². The molecule has 0 spiro atoms. The maximum Gasteiger partial charge on any atom is 0.343 e. The Morgan fingerprint density at radius 3 is 2.37 bits per heavy atom. The van der Waals surface area contributed by atoms with Gasteiger partial charge in [0, 0.05) is 15.7 Å². The predicted octanol–water partition coefficient (Wildman–Crippen LogP) is 4.85. The normalized spacial score (nSPS) is 10.6. The van der Waals surface area contributed by atoms with E-state index in [9.17, 15) is 14.4 Å². The number of nitrogens with zero attached hydrogens (tertiary/aromatic N) is 1. The standard InChI is InChI=1S/C26H24BrN3O5/c1-3-14-34-22-11-6-18(7-12-22)26(33)35-23-13-8-20(27)15-19(23)16-28-30-25(32)24(31)29-21-9-4-17(2)5-10-21/h4-13,15-16H,3,14H2,1-2H3,(H,29,31)(H,30,32)/b28-16-. The van der Waals surface area contributed by atoms with Gasteiger partial charge in [-0.3, -0.25) is 9.59 Å². The smallest absolute Gasteiger partial charge is 0.343 e. The first kappa shape index (κ1) is 25.6. The highest BCUT2D eigenvalue weighted by Gasteiger charge is 2.14. The molecule has 0 bridgehead atoms. The summed E-state index contributed by atoms with van der Waals surface area (Å²) in [6.45, 7) is 4.52. The second kappa shape index (κ2) is 12.5. The number of hydrazone groups is 1. The fourth-order valence-electron chi connectivity index (χ4n) is 2.82. The highest BCUT2D eigenvalue weighted by molar-refractivity contribution is 9.10. The third-order valence-electron chi connectivity index (χ3n) is 4.62. The maximum absolute atomic E-state index is 12.6. The van der Waals surface area contributed by atoms with Gasteiger partial charge in [0.2, 0.25) is 0 Å². The van der Waals surface area contributed by atoms with Crippen LogP contribution in [0.15, 0.2) is 76.3 Å². The topological polar surface area (TPSA) is 106 Å². The van der Waals surface area contributed by atoms with E-state index in [2.05, 4.69) is 31.8 Å². The first-order chi connectivity index (χ1) is 16.9. The lowest BCUT2D eigenvalue weighted by Crippen LogP contribution is -2.32. The largest absolute Gasteiger partial charge is 0.494 e. The molecular formula is C26H24BrN3O5. The molecule has 0 saturated heterocycles. The molecule has 0 aliphatic rings. The molecule has 0 radical (unpaired) electrons. The Kier molecular flexibility index (Phi) is 9.14. The van der Waals surface area contributed by atoms with Gasteiger partial charge in [-0.1, -0.05) is 40.5 Å².